The van der Waals surface area contributed by atoms with E-state index in [2.05, 4.69) is 0 Å². The van der Waals surface area contributed by atoms with Crippen LogP contribution in [0.5, 0.6) is 0 Å². The highest BCUT2D eigenvalue weighted by molar-refractivity contribution is 7.76. The smallest absolute Gasteiger partial charge is 0.238 e. The Morgan fingerprint density at radius 1 is 1.31 bits per heavy atom. The number of hydrogen-bond donors (Lipinski definition) is 3. The van der Waals surface area contributed by atoms with E-state index in [9.17, 15) is 9.18 Å². The second kappa shape index (κ2) is 3.47. The van der Waals surface area contributed by atoms with E-state index < -0.39 is 19.3 Å². The molecule has 0 aliphatic heterocycles. The number of benzene rings is 1. The molecule has 0 bridgehead atoms. The molecule has 0 heterocycles. The van der Waals surface area contributed by atoms with Gasteiger partial charge < -0.3 is 0 Å². The molecule has 1 aromatic carbocycles. The molecule has 1 rings (SSSR count). The third-order valence-corrected chi connectivity index (χ3v) is 2.15. The van der Waals surface area contributed by atoms with Gasteiger partial charge in [-0.3, -0.25) is 0 Å². The average molecular weight is 205 g/mol. The Labute approximate surface area is 73.9 Å². The molecule has 0 radical (unpaired) electrons. The molecule has 4 nitrogen and oxygen atoms in total. The topological polar surface area (TPSA) is 77.8 Å². The number of halogens is 1. The summed E-state index contributed by atoms with van der Waals surface area (Å²) in [6.45, 7) is 0. The van der Waals surface area contributed by atoms with Crippen molar-refractivity contribution in [2.24, 2.45) is 0 Å². The Morgan fingerprint density at radius 3 is 2.38 bits per heavy atom. The van der Waals surface area contributed by atoms with Crippen molar-refractivity contribution in [1.82, 2.24) is 0 Å². The van der Waals surface area contributed by atoms with E-state index in [1.165, 1.54) is 12.1 Å². The predicted molar refractivity (Wildman–Crippen MR) is 44.3 cm³/mol. The molecule has 3 N–H and O–H groups in total. The average Bonchev–Trinajstić information content (AvgIpc) is 2.01. The van der Waals surface area contributed by atoms with Crippen LogP contribution >= 0.6 is 7.94 Å². The summed E-state index contributed by atoms with van der Waals surface area (Å²) in [5.41, 5.74) is -1.52. The van der Waals surface area contributed by atoms with Gasteiger partial charge in [0, 0.05) is 0 Å². The molecule has 0 unspecified atom stereocenters. The Hall–Kier alpha value is -0.870. The van der Waals surface area contributed by atoms with Crippen LogP contribution in [0.25, 0.3) is 0 Å². The van der Waals surface area contributed by atoms with E-state index in [0.29, 0.717) is 0 Å². The maximum atomic E-state index is 12.5. The summed E-state index contributed by atoms with van der Waals surface area (Å²) in [5, 5.41) is 0. The van der Waals surface area contributed by atoms with Gasteiger partial charge in [-0.1, -0.05) is 6.07 Å². The summed E-state index contributed by atoms with van der Waals surface area (Å²) in [4.78, 5) is 36.7. The van der Waals surface area contributed by atoms with Crippen LogP contribution < -0.4 is 0 Å². The molecule has 0 aliphatic rings. The van der Waals surface area contributed by atoms with E-state index in [1.54, 1.807) is 0 Å². The van der Waals surface area contributed by atoms with E-state index in [-0.39, 0.29) is 5.56 Å². The fourth-order valence-electron chi connectivity index (χ4n) is 0.795. The Morgan fingerprint density at radius 2 is 1.92 bits per heavy atom. The first kappa shape index (κ1) is 10.2. The van der Waals surface area contributed by atoms with E-state index in [0.717, 1.165) is 12.1 Å². The van der Waals surface area contributed by atoms with Crippen molar-refractivity contribution in [1.29, 1.82) is 0 Å². The summed E-state index contributed by atoms with van der Waals surface area (Å²) >= 11 is 0. The second-order valence-corrected chi connectivity index (χ2v) is 3.93. The summed E-state index contributed by atoms with van der Waals surface area (Å²) in [6.07, 6.45) is 0. The predicted octanol–water partition coefficient (Wildman–Crippen LogP) is 0.705. The van der Waals surface area contributed by atoms with Gasteiger partial charge in [-0.25, -0.2) is 9.18 Å². The van der Waals surface area contributed by atoms with E-state index in [4.69, 9.17) is 14.7 Å². The highest BCUT2D eigenvalue weighted by Crippen LogP contribution is 2.47. The lowest BCUT2D eigenvalue weighted by Crippen LogP contribution is -2.05. The van der Waals surface area contributed by atoms with Crippen LogP contribution in [0.4, 0.5) is 4.39 Å². The lowest BCUT2D eigenvalue weighted by molar-refractivity contribution is 0.102. The van der Waals surface area contributed by atoms with Gasteiger partial charge in [-0.05, 0) is 18.2 Å². The zero-order valence-corrected chi connectivity index (χ0v) is 7.28. The molecule has 1 aromatic rings. The van der Waals surface area contributed by atoms with Crippen LogP contribution in [0.1, 0.15) is 10.4 Å². The maximum absolute atomic E-state index is 12.5. The minimum Gasteiger partial charge on any atom is -0.238 e. The Balaban J connectivity index is 3.03. The summed E-state index contributed by atoms with van der Waals surface area (Å²) in [5.74, 6) is -0.681. The van der Waals surface area contributed by atoms with Crippen molar-refractivity contribution >= 4 is 13.5 Å². The van der Waals surface area contributed by atoms with Gasteiger partial charge >= 0.3 is 13.5 Å². The molecule has 0 aliphatic carbocycles. The fraction of sp³-hybridized carbons (Fsp3) is 0. The summed E-state index contributed by atoms with van der Waals surface area (Å²) < 4.78 is 12.5. The van der Waals surface area contributed by atoms with Crippen LogP contribution in [-0.4, -0.2) is 20.2 Å². The largest absolute Gasteiger partial charge is 0.483 e. The molecule has 6 heteroatoms. The zero-order valence-electron chi connectivity index (χ0n) is 6.38. The van der Waals surface area contributed by atoms with E-state index in [1.807, 2.05) is 0 Å². The summed E-state index contributed by atoms with van der Waals surface area (Å²) in [7, 11) is -4.55. The van der Waals surface area contributed by atoms with Gasteiger partial charge in [0.2, 0.25) is 0 Å². The molecular weight excluding hydrogens is 198 g/mol. The monoisotopic (exact) mass is 205 g/mol. The Kier molecular flexibility index (Phi) is 2.73. The quantitative estimate of drug-likeness (QED) is 0.621. The van der Waals surface area contributed by atoms with Crippen molar-refractivity contribution < 1.29 is 23.9 Å². The SMILES string of the molecule is O=C(c1cccc(F)c1)[P+](O)(O)O. The Bertz CT molecular complexity index is 334. The molecule has 0 saturated heterocycles. The van der Waals surface area contributed by atoms with Crippen LogP contribution in [0.2, 0.25) is 0 Å². The zero-order chi connectivity index (χ0) is 10.1. The molecule has 0 saturated carbocycles. The van der Waals surface area contributed by atoms with Gasteiger partial charge in [0.05, 0.1) is 5.56 Å². The fourth-order valence-corrected chi connectivity index (χ4v) is 1.28. The molecule has 0 atom stereocenters. The van der Waals surface area contributed by atoms with Gasteiger partial charge in [-0.15, -0.1) is 0 Å². The third kappa shape index (κ3) is 2.54. The number of carbonyl (C=O) groups excluding carboxylic acids is 1. The minimum atomic E-state index is -4.55. The molecule has 70 valence electrons. The lowest BCUT2D eigenvalue weighted by Gasteiger charge is -2.00. The van der Waals surface area contributed by atoms with Gasteiger partial charge in [0.25, 0.3) is 0 Å². The van der Waals surface area contributed by atoms with Crippen molar-refractivity contribution in [2.45, 2.75) is 0 Å². The van der Waals surface area contributed by atoms with Gasteiger partial charge in [-0.2, -0.15) is 14.7 Å². The number of hydrogen-bond acceptors (Lipinski definition) is 4. The highest BCUT2D eigenvalue weighted by Gasteiger charge is 2.43. The summed E-state index contributed by atoms with van der Waals surface area (Å²) in [6, 6.07) is 4.34. The second-order valence-electron chi connectivity index (χ2n) is 2.38. The first-order chi connectivity index (χ1) is 5.91. The van der Waals surface area contributed by atoms with Crippen LogP contribution in [-0.2, 0) is 0 Å². The van der Waals surface area contributed by atoms with Crippen LogP contribution in [0.15, 0.2) is 24.3 Å². The van der Waals surface area contributed by atoms with Crippen LogP contribution in [0, 0.1) is 5.82 Å². The van der Waals surface area contributed by atoms with Gasteiger partial charge in [0.15, 0.2) is 0 Å². The molecule has 13 heavy (non-hydrogen) atoms. The van der Waals surface area contributed by atoms with Crippen molar-refractivity contribution in [3.63, 3.8) is 0 Å². The van der Waals surface area contributed by atoms with Crippen molar-refractivity contribution in [3.8, 4) is 0 Å². The maximum Gasteiger partial charge on any atom is 0.483 e. The third-order valence-electron chi connectivity index (χ3n) is 1.34. The standard InChI is InChI=1S/C7H7FO4P/c8-6-3-1-2-5(4-6)7(9)13(10,11)12/h1-4,10-12H/q+1. The molecule has 0 fully saturated rings. The molecule has 0 spiro atoms. The molecule has 0 amide bonds. The minimum absolute atomic E-state index is 0.263. The lowest BCUT2D eigenvalue weighted by atomic mass is 10.2. The van der Waals surface area contributed by atoms with E-state index >= 15 is 0 Å². The van der Waals surface area contributed by atoms with Gasteiger partial charge in [0.1, 0.15) is 5.82 Å². The van der Waals surface area contributed by atoms with Crippen molar-refractivity contribution in [3.05, 3.63) is 35.6 Å². The molecule has 0 aromatic heterocycles. The number of rotatable bonds is 2. The first-order valence-corrected chi connectivity index (χ1v) is 4.94. The normalized spacial score (nSPS) is 11.4. The first-order valence-electron chi connectivity index (χ1n) is 3.29. The molecular formula is C7H7FO4P+. The number of carbonyl (C=O) groups is 1. The highest BCUT2D eigenvalue weighted by atomic mass is 31.2. The van der Waals surface area contributed by atoms with Crippen molar-refractivity contribution in [2.75, 3.05) is 0 Å². The van der Waals surface area contributed by atoms with Crippen LogP contribution in [0.3, 0.4) is 0 Å².